The number of aryl methyl sites for hydroxylation is 1. The Morgan fingerprint density at radius 1 is 1.08 bits per heavy atom. The first-order valence-corrected chi connectivity index (χ1v) is 5.00. The fourth-order valence-corrected chi connectivity index (χ4v) is 1.99. The van der Waals surface area contributed by atoms with Crippen molar-refractivity contribution in [3.05, 3.63) is 35.9 Å². The van der Waals surface area contributed by atoms with Crippen LogP contribution in [0.15, 0.2) is 40.1 Å². The molecule has 0 N–H and O–H groups in total. The first-order valence-electron chi connectivity index (χ1n) is 4.10. The standard InChI is InChI=1S/C11H10S2/c1-7-9-5-3-2-4-8(9)6-10(12)11(7)13/h2-6,12-13H,1H3. The van der Waals surface area contributed by atoms with Gasteiger partial charge >= 0.3 is 0 Å². The Kier molecular flexibility index (Phi) is 2.26. The highest BCUT2D eigenvalue weighted by molar-refractivity contribution is 7.83. The molecule has 0 fully saturated rings. The fraction of sp³-hybridized carbons (Fsp3) is 0.0909. The van der Waals surface area contributed by atoms with E-state index < -0.39 is 0 Å². The van der Waals surface area contributed by atoms with Gasteiger partial charge in [-0.25, -0.2) is 0 Å². The van der Waals surface area contributed by atoms with Crippen molar-refractivity contribution in [1.82, 2.24) is 0 Å². The average Bonchev–Trinajstić information content (AvgIpc) is 2.15. The normalized spacial score (nSPS) is 10.7. The molecular formula is C11H10S2. The van der Waals surface area contributed by atoms with Crippen molar-refractivity contribution < 1.29 is 0 Å². The summed E-state index contributed by atoms with van der Waals surface area (Å²) in [5.41, 5.74) is 1.20. The molecule has 0 unspecified atom stereocenters. The van der Waals surface area contributed by atoms with E-state index in [4.69, 9.17) is 0 Å². The van der Waals surface area contributed by atoms with Crippen molar-refractivity contribution in [2.24, 2.45) is 0 Å². The number of rotatable bonds is 0. The van der Waals surface area contributed by atoms with Crippen LogP contribution in [0.4, 0.5) is 0 Å². The summed E-state index contributed by atoms with van der Waals surface area (Å²) < 4.78 is 0. The van der Waals surface area contributed by atoms with E-state index in [0.29, 0.717) is 0 Å². The topological polar surface area (TPSA) is 0 Å². The van der Waals surface area contributed by atoms with Crippen LogP contribution in [0.5, 0.6) is 0 Å². The Balaban J connectivity index is 2.94. The molecule has 0 radical (unpaired) electrons. The molecule has 0 aliphatic heterocycles. The molecular weight excluding hydrogens is 196 g/mol. The lowest BCUT2D eigenvalue weighted by molar-refractivity contribution is 1.22. The molecule has 0 heterocycles. The van der Waals surface area contributed by atoms with Gasteiger partial charge in [0.05, 0.1) is 0 Å². The van der Waals surface area contributed by atoms with E-state index in [1.165, 1.54) is 16.3 Å². The summed E-state index contributed by atoms with van der Waals surface area (Å²) >= 11 is 8.78. The van der Waals surface area contributed by atoms with Crippen molar-refractivity contribution in [2.75, 3.05) is 0 Å². The highest BCUT2D eigenvalue weighted by atomic mass is 32.1. The molecule has 0 spiro atoms. The van der Waals surface area contributed by atoms with Crippen molar-refractivity contribution in [2.45, 2.75) is 16.7 Å². The molecule has 2 aromatic carbocycles. The lowest BCUT2D eigenvalue weighted by atomic mass is 10.1. The number of fused-ring (bicyclic) bond motifs is 1. The van der Waals surface area contributed by atoms with Crippen LogP contribution in [0.3, 0.4) is 0 Å². The summed E-state index contributed by atoms with van der Waals surface area (Å²) in [4.78, 5) is 1.92. The fourth-order valence-electron chi connectivity index (χ4n) is 1.50. The highest BCUT2D eigenvalue weighted by Gasteiger charge is 2.03. The monoisotopic (exact) mass is 206 g/mol. The predicted octanol–water partition coefficient (Wildman–Crippen LogP) is 3.73. The van der Waals surface area contributed by atoms with E-state index in [1.54, 1.807) is 0 Å². The van der Waals surface area contributed by atoms with Gasteiger partial charge in [0, 0.05) is 9.79 Å². The third-order valence-corrected chi connectivity index (χ3v) is 3.36. The van der Waals surface area contributed by atoms with E-state index in [-0.39, 0.29) is 0 Å². The van der Waals surface area contributed by atoms with Gasteiger partial charge in [0.2, 0.25) is 0 Å². The number of benzene rings is 2. The average molecular weight is 206 g/mol. The number of hydrogen-bond donors (Lipinski definition) is 2. The maximum atomic E-state index is 4.41. The lowest BCUT2D eigenvalue weighted by Crippen LogP contribution is -1.82. The molecule has 0 atom stereocenters. The second-order valence-corrected chi connectivity index (χ2v) is 4.02. The van der Waals surface area contributed by atoms with Crippen LogP contribution >= 0.6 is 25.3 Å². The van der Waals surface area contributed by atoms with Gasteiger partial charge in [-0.2, -0.15) is 0 Å². The van der Waals surface area contributed by atoms with Gasteiger partial charge in [-0.1, -0.05) is 24.3 Å². The molecule has 0 aliphatic rings. The van der Waals surface area contributed by atoms with Crippen LogP contribution in [0, 0.1) is 6.92 Å². The smallest absolute Gasteiger partial charge is 0.0210 e. The van der Waals surface area contributed by atoms with Crippen molar-refractivity contribution in [3.8, 4) is 0 Å². The van der Waals surface area contributed by atoms with Crippen LogP contribution < -0.4 is 0 Å². The van der Waals surface area contributed by atoms with Crippen molar-refractivity contribution in [3.63, 3.8) is 0 Å². The summed E-state index contributed by atoms with van der Waals surface area (Å²) in [6.07, 6.45) is 0. The molecule has 2 rings (SSSR count). The Labute approximate surface area is 88.8 Å². The minimum atomic E-state index is 0.944. The third-order valence-electron chi connectivity index (χ3n) is 2.25. The van der Waals surface area contributed by atoms with Gasteiger partial charge in [0.25, 0.3) is 0 Å². The van der Waals surface area contributed by atoms with Gasteiger partial charge in [0.15, 0.2) is 0 Å². The quantitative estimate of drug-likeness (QED) is 0.603. The van der Waals surface area contributed by atoms with Crippen LogP contribution in [0.25, 0.3) is 10.8 Å². The second-order valence-electron chi connectivity index (χ2n) is 3.09. The van der Waals surface area contributed by atoms with Crippen molar-refractivity contribution in [1.29, 1.82) is 0 Å². The van der Waals surface area contributed by atoms with E-state index in [1.807, 2.05) is 18.2 Å². The van der Waals surface area contributed by atoms with E-state index in [0.717, 1.165) is 9.79 Å². The molecule has 66 valence electrons. The summed E-state index contributed by atoms with van der Waals surface area (Å²) in [5.74, 6) is 0. The van der Waals surface area contributed by atoms with Crippen LogP contribution in [0.2, 0.25) is 0 Å². The number of thiol groups is 2. The summed E-state index contributed by atoms with van der Waals surface area (Å²) in [6, 6.07) is 10.3. The summed E-state index contributed by atoms with van der Waals surface area (Å²) in [7, 11) is 0. The third kappa shape index (κ3) is 1.45. The minimum absolute atomic E-state index is 0.944. The van der Waals surface area contributed by atoms with Crippen LogP contribution in [0.1, 0.15) is 5.56 Å². The predicted molar refractivity (Wildman–Crippen MR) is 63.2 cm³/mol. The first kappa shape index (κ1) is 8.97. The Morgan fingerprint density at radius 2 is 1.77 bits per heavy atom. The van der Waals surface area contributed by atoms with E-state index in [2.05, 4.69) is 44.3 Å². The maximum absolute atomic E-state index is 4.41. The molecule has 2 aromatic rings. The SMILES string of the molecule is Cc1c(S)c(S)cc2ccccc12. The van der Waals surface area contributed by atoms with Crippen LogP contribution in [-0.2, 0) is 0 Å². The van der Waals surface area contributed by atoms with Gasteiger partial charge in [-0.3, -0.25) is 0 Å². The van der Waals surface area contributed by atoms with Gasteiger partial charge in [-0.15, -0.1) is 25.3 Å². The van der Waals surface area contributed by atoms with Crippen molar-refractivity contribution >= 4 is 36.0 Å². The Hall–Kier alpha value is -0.600. The maximum Gasteiger partial charge on any atom is 0.0210 e. The molecule has 0 bridgehead atoms. The molecule has 2 heteroatoms. The zero-order valence-electron chi connectivity index (χ0n) is 7.28. The molecule has 0 amide bonds. The molecule has 13 heavy (non-hydrogen) atoms. The van der Waals surface area contributed by atoms with Gasteiger partial charge in [0.1, 0.15) is 0 Å². The van der Waals surface area contributed by atoms with Gasteiger partial charge < -0.3 is 0 Å². The summed E-state index contributed by atoms with van der Waals surface area (Å²) in [6.45, 7) is 2.07. The Bertz CT molecular complexity index is 461. The molecule has 0 nitrogen and oxygen atoms in total. The number of hydrogen-bond acceptors (Lipinski definition) is 2. The first-order chi connectivity index (χ1) is 6.20. The van der Waals surface area contributed by atoms with Gasteiger partial charge in [-0.05, 0) is 29.3 Å². The Morgan fingerprint density at radius 3 is 2.54 bits per heavy atom. The van der Waals surface area contributed by atoms with E-state index in [9.17, 15) is 0 Å². The zero-order chi connectivity index (χ0) is 9.42. The second kappa shape index (κ2) is 3.28. The molecule has 0 aromatic heterocycles. The molecule has 0 aliphatic carbocycles. The summed E-state index contributed by atoms with van der Waals surface area (Å²) in [5, 5.41) is 2.48. The molecule has 0 saturated carbocycles. The largest absolute Gasteiger partial charge is 0.142 e. The molecule has 0 saturated heterocycles. The lowest BCUT2D eigenvalue weighted by Gasteiger charge is -2.07. The highest BCUT2D eigenvalue weighted by Crippen LogP contribution is 2.29. The zero-order valence-corrected chi connectivity index (χ0v) is 9.07. The van der Waals surface area contributed by atoms with Crippen LogP contribution in [-0.4, -0.2) is 0 Å². The minimum Gasteiger partial charge on any atom is -0.142 e. The van der Waals surface area contributed by atoms with E-state index >= 15 is 0 Å².